The molecule has 27 heavy (non-hydrogen) atoms. The first-order valence-corrected chi connectivity index (χ1v) is 10.8. The average molecular weight is 408 g/mol. The van der Waals surface area contributed by atoms with Gasteiger partial charge in [0, 0.05) is 24.7 Å². The molecule has 1 aliphatic heterocycles. The van der Waals surface area contributed by atoms with Crippen LogP contribution in [-0.2, 0) is 14.6 Å². The van der Waals surface area contributed by atoms with Crippen molar-refractivity contribution in [3.8, 4) is 0 Å². The van der Waals surface area contributed by atoms with Crippen LogP contribution in [0.25, 0.3) is 0 Å². The van der Waals surface area contributed by atoms with Gasteiger partial charge in [0.2, 0.25) is 0 Å². The summed E-state index contributed by atoms with van der Waals surface area (Å²) in [5, 5.41) is 0.478. The third-order valence-electron chi connectivity index (χ3n) is 5.38. The van der Waals surface area contributed by atoms with Crippen LogP contribution in [0, 0.1) is 12.7 Å². The predicted molar refractivity (Wildman–Crippen MR) is 107 cm³/mol. The molecular formula is C21H23ClFNO2S. The summed E-state index contributed by atoms with van der Waals surface area (Å²) in [6, 6.07) is 10.6. The Morgan fingerprint density at radius 1 is 1.19 bits per heavy atom. The minimum Gasteiger partial charge on any atom is -0.300 e. The van der Waals surface area contributed by atoms with Crippen LogP contribution in [0.2, 0.25) is 5.02 Å². The first kappa shape index (κ1) is 20.1. The van der Waals surface area contributed by atoms with E-state index in [1.807, 2.05) is 13.0 Å². The van der Waals surface area contributed by atoms with E-state index in [-0.39, 0.29) is 4.90 Å². The molecular weight excluding hydrogens is 385 g/mol. The second-order valence-corrected chi connectivity index (χ2v) is 9.70. The second-order valence-electron chi connectivity index (χ2n) is 7.00. The Balaban J connectivity index is 2.15. The van der Waals surface area contributed by atoms with Gasteiger partial charge < -0.3 is 0 Å². The number of sulfone groups is 1. The van der Waals surface area contributed by atoms with Crippen molar-refractivity contribution < 1.29 is 12.8 Å². The predicted octanol–water partition coefficient (Wildman–Crippen LogP) is 4.74. The van der Waals surface area contributed by atoms with E-state index in [0.717, 1.165) is 5.56 Å². The van der Waals surface area contributed by atoms with Crippen LogP contribution in [0.3, 0.4) is 0 Å². The van der Waals surface area contributed by atoms with Crippen LogP contribution in [-0.4, -0.2) is 33.0 Å². The summed E-state index contributed by atoms with van der Waals surface area (Å²) in [6.07, 6.45) is 2.61. The third kappa shape index (κ3) is 3.68. The molecule has 1 aliphatic rings. The highest BCUT2D eigenvalue weighted by Gasteiger charge is 2.48. The van der Waals surface area contributed by atoms with E-state index in [0.29, 0.717) is 43.1 Å². The molecule has 0 unspecified atom stereocenters. The Kier molecular flexibility index (Phi) is 5.75. The van der Waals surface area contributed by atoms with Gasteiger partial charge in [-0.25, -0.2) is 12.8 Å². The molecule has 3 nitrogen and oxygen atoms in total. The Morgan fingerprint density at radius 3 is 2.41 bits per heavy atom. The fourth-order valence-corrected chi connectivity index (χ4v) is 6.19. The molecule has 0 N–H and O–H groups in total. The van der Waals surface area contributed by atoms with Gasteiger partial charge >= 0.3 is 0 Å². The smallest absolute Gasteiger partial charge is 0.188 e. The van der Waals surface area contributed by atoms with Crippen LogP contribution in [0.15, 0.2) is 60.0 Å². The second kappa shape index (κ2) is 7.74. The van der Waals surface area contributed by atoms with Crippen molar-refractivity contribution in [1.29, 1.82) is 0 Å². The zero-order chi connectivity index (χ0) is 19.7. The number of benzene rings is 2. The summed E-state index contributed by atoms with van der Waals surface area (Å²) in [7, 11) is -3.75. The van der Waals surface area contributed by atoms with Crippen molar-refractivity contribution in [2.24, 2.45) is 0 Å². The average Bonchev–Trinajstić information content (AvgIpc) is 2.65. The lowest BCUT2D eigenvalue weighted by atomic mass is 9.85. The van der Waals surface area contributed by atoms with Crippen LogP contribution >= 0.6 is 11.6 Å². The SMILES string of the molecule is C=CCN1CCC(c2cc(F)ccc2C)(S(=O)(=O)c2ccc(Cl)cc2)CC1. The summed E-state index contributed by atoms with van der Waals surface area (Å²) >= 11 is 5.94. The number of hydrogen-bond donors (Lipinski definition) is 0. The molecule has 0 aromatic heterocycles. The molecule has 1 fully saturated rings. The number of aryl methyl sites for hydroxylation is 1. The quantitative estimate of drug-likeness (QED) is 0.672. The van der Waals surface area contributed by atoms with E-state index in [1.165, 1.54) is 24.3 Å². The van der Waals surface area contributed by atoms with Gasteiger partial charge in [0.05, 0.1) is 4.90 Å². The van der Waals surface area contributed by atoms with E-state index in [9.17, 15) is 12.8 Å². The molecule has 1 saturated heterocycles. The lowest BCUT2D eigenvalue weighted by molar-refractivity contribution is 0.212. The van der Waals surface area contributed by atoms with E-state index in [2.05, 4.69) is 11.5 Å². The molecule has 1 heterocycles. The fraction of sp³-hybridized carbons (Fsp3) is 0.333. The Hall–Kier alpha value is -1.69. The number of piperidine rings is 1. The van der Waals surface area contributed by atoms with Gasteiger partial charge in [0.15, 0.2) is 9.84 Å². The summed E-state index contributed by atoms with van der Waals surface area (Å²) in [6.45, 7) is 7.51. The number of rotatable bonds is 5. The fourth-order valence-electron chi connectivity index (χ4n) is 3.89. The van der Waals surface area contributed by atoms with Gasteiger partial charge in [-0.3, -0.25) is 4.90 Å². The topological polar surface area (TPSA) is 37.4 Å². The van der Waals surface area contributed by atoms with Gasteiger partial charge in [-0.05, 0) is 67.3 Å². The van der Waals surface area contributed by atoms with Crippen molar-refractivity contribution in [1.82, 2.24) is 4.90 Å². The van der Waals surface area contributed by atoms with E-state index in [4.69, 9.17) is 11.6 Å². The molecule has 0 amide bonds. The van der Waals surface area contributed by atoms with Crippen molar-refractivity contribution in [2.75, 3.05) is 19.6 Å². The molecule has 0 aliphatic carbocycles. The normalized spacial score (nSPS) is 17.6. The van der Waals surface area contributed by atoms with Crippen molar-refractivity contribution in [2.45, 2.75) is 29.4 Å². The molecule has 6 heteroatoms. The standard InChI is InChI=1S/C21H23ClFNO2S/c1-3-12-24-13-10-21(11-14-24,20-15-18(23)7-4-16(20)2)27(25,26)19-8-5-17(22)6-9-19/h3-9,15H,1,10-14H2,2H3. The van der Waals surface area contributed by atoms with Crippen LogP contribution in [0.4, 0.5) is 4.39 Å². The molecule has 3 rings (SSSR count). The van der Waals surface area contributed by atoms with Gasteiger partial charge in [0.25, 0.3) is 0 Å². The third-order valence-corrected chi connectivity index (χ3v) is 8.18. The number of halogens is 2. The summed E-state index contributed by atoms with van der Waals surface area (Å²) in [5.41, 5.74) is 1.34. The van der Waals surface area contributed by atoms with Crippen molar-refractivity contribution in [3.05, 3.63) is 77.1 Å². The summed E-state index contributed by atoms with van der Waals surface area (Å²) in [5.74, 6) is -0.421. The summed E-state index contributed by atoms with van der Waals surface area (Å²) < 4.78 is 40.4. The highest BCUT2D eigenvalue weighted by atomic mass is 35.5. The zero-order valence-electron chi connectivity index (χ0n) is 15.3. The molecule has 0 bridgehead atoms. The van der Waals surface area contributed by atoms with E-state index >= 15 is 0 Å². The Labute approximate surface area is 165 Å². The molecule has 0 radical (unpaired) electrons. The monoisotopic (exact) mass is 407 g/mol. The van der Waals surface area contributed by atoms with Gasteiger partial charge in [-0.15, -0.1) is 6.58 Å². The molecule has 2 aromatic rings. The maximum atomic E-state index is 14.1. The summed E-state index contributed by atoms with van der Waals surface area (Å²) in [4.78, 5) is 2.38. The van der Waals surface area contributed by atoms with E-state index < -0.39 is 20.4 Å². The molecule has 0 atom stereocenters. The number of likely N-dealkylation sites (tertiary alicyclic amines) is 1. The maximum absolute atomic E-state index is 14.1. The molecule has 2 aromatic carbocycles. The first-order valence-electron chi connectivity index (χ1n) is 8.90. The maximum Gasteiger partial charge on any atom is 0.188 e. The van der Waals surface area contributed by atoms with Gasteiger partial charge in [-0.2, -0.15) is 0 Å². The zero-order valence-corrected chi connectivity index (χ0v) is 16.9. The number of hydrogen-bond acceptors (Lipinski definition) is 3. The van der Waals surface area contributed by atoms with Crippen molar-refractivity contribution in [3.63, 3.8) is 0 Å². The largest absolute Gasteiger partial charge is 0.300 e. The van der Waals surface area contributed by atoms with Gasteiger partial charge in [0.1, 0.15) is 10.6 Å². The van der Waals surface area contributed by atoms with Gasteiger partial charge in [-0.1, -0.05) is 23.7 Å². The lowest BCUT2D eigenvalue weighted by Gasteiger charge is -2.42. The number of nitrogens with zero attached hydrogens (tertiary/aromatic N) is 1. The highest BCUT2D eigenvalue weighted by molar-refractivity contribution is 7.92. The molecule has 144 valence electrons. The molecule has 0 spiro atoms. The van der Waals surface area contributed by atoms with Crippen molar-refractivity contribution >= 4 is 21.4 Å². The minimum absolute atomic E-state index is 0.215. The van der Waals surface area contributed by atoms with Crippen LogP contribution in [0.5, 0.6) is 0 Å². The van der Waals surface area contributed by atoms with Crippen LogP contribution in [0.1, 0.15) is 24.0 Å². The lowest BCUT2D eigenvalue weighted by Crippen LogP contribution is -2.47. The Bertz CT molecular complexity index is 933. The Morgan fingerprint density at radius 2 is 1.81 bits per heavy atom. The highest BCUT2D eigenvalue weighted by Crippen LogP contribution is 2.45. The van der Waals surface area contributed by atoms with E-state index in [1.54, 1.807) is 18.2 Å². The first-order chi connectivity index (χ1) is 12.8. The minimum atomic E-state index is -3.75. The van der Waals surface area contributed by atoms with Crippen LogP contribution < -0.4 is 0 Å². The molecule has 0 saturated carbocycles.